The molecule has 0 bridgehead atoms. The smallest absolute Gasteiger partial charge is 0.241 e. The zero-order valence-corrected chi connectivity index (χ0v) is 21.0. The van der Waals surface area contributed by atoms with Crippen LogP contribution in [0.2, 0.25) is 0 Å². The van der Waals surface area contributed by atoms with Crippen molar-refractivity contribution in [1.29, 1.82) is 0 Å². The highest BCUT2D eigenvalue weighted by Gasteiger charge is 2.23. The number of amides is 1. The lowest BCUT2D eigenvalue weighted by Gasteiger charge is -2.24. The first kappa shape index (κ1) is 25.9. The summed E-state index contributed by atoms with van der Waals surface area (Å²) in [6, 6.07) is 20.9. The van der Waals surface area contributed by atoms with Gasteiger partial charge in [-0.05, 0) is 60.5 Å². The second-order valence-corrected chi connectivity index (χ2v) is 9.73. The second kappa shape index (κ2) is 11.6. The molecule has 0 fully saturated rings. The third-order valence-electron chi connectivity index (χ3n) is 5.34. The normalized spacial score (nSPS) is 11.9. The Morgan fingerprint density at radius 1 is 0.914 bits per heavy atom. The van der Waals surface area contributed by atoms with E-state index in [2.05, 4.69) is 5.32 Å². The molecule has 0 radical (unpaired) electrons. The van der Waals surface area contributed by atoms with E-state index in [9.17, 15) is 13.2 Å². The molecule has 8 nitrogen and oxygen atoms in total. The third-order valence-corrected chi connectivity index (χ3v) is 6.49. The van der Waals surface area contributed by atoms with Crippen LogP contribution in [0.5, 0.6) is 23.0 Å². The van der Waals surface area contributed by atoms with Crippen molar-refractivity contribution in [3.63, 3.8) is 0 Å². The fourth-order valence-electron chi connectivity index (χ4n) is 3.57. The molecule has 3 rings (SSSR count). The second-order valence-electron chi connectivity index (χ2n) is 7.82. The number of para-hydroxylation sites is 1. The minimum Gasteiger partial charge on any atom is -0.493 e. The van der Waals surface area contributed by atoms with Crippen LogP contribution in [-0.4, -0.2) is 41.3 Å². The van der Waals surface area contributed by atoms with E-state index in [0.717, 1.165) is 16.1 Å². The lowest BCUT2D eigenvalue weighted by molar-refractivity contribution is -0.120. The minimum absolute atomic E-state index is 0.328. The molecule has 0 aliphatic rings. The summed E-state index contributed by atoms with van der Waals surface area (Å²) in [5, 5.41) is 2.92. The molecule has 0 saturated carbocycles. The monoisotopic (exact) mass is 498 g/mol. The summed E-state index contributed by atoms with van der Waals surface area (Å²) in [4.78, 5) is 12.9. The van der Waals surface area contributed by atoms with Crippen molar-refractivity contribution in [3.8, 4) is 23.0 Å². The van der Waals surface area contributed by atoms with E-state index in [4.69, 9.17) is 14.2 Å². The van der Waals surface area contributed by atoms with Crippen LogP contribution in [0.15, 0.2) is 72.8 Å². The van der Waals surface area contributed by atoms with Crippen LogP contribution < -0.4 is 23.8 Å². The molecule has 3 aromatic carbocycles. The largest absolute Gasteiger partial charge is 0.493 e. The van der Waals surface area contributed by atoms with Crippen molar-refractivity contribution in [2.24, 2.45) is 0 Å². The molecule has 186 valence electrons. The van der Waals surface area contributed by atoms with Gasteiger partial charge < -0.3 is 19.5 Å². The maximum absolute atomic E-state index is 12.9. The third kappa shape index (κ3) is 6.89. The average molecular weight is 499 g/mol. The van der Waals surface area contributed by atoms with E-state index >= 15 is 0 Å². The Balaban J connectivity index is 1.74. The quantitative estimate of drug-likeness (QED) is 0.418. The van der Waals surface area contributed by atoms with Crippen LogP contribution in [0, 0.1) is 0 Å². The number of sulfonamides is 1. The van der Waals surface area contributed by atoms with Crippen LogP contribution in [0.3, 0.4) is 0 Å². The molecule has 0 heterocycles. The van der Waals surface area contributed by atoms with Gasteiger partial charge in [-0.2, -0.15) is 0 Å². The Hall–Kier alpha value is -3.72. The predicted molar refractivity (Wildman–Crippen MR) is 136 cm³/mol. The van der Waals surface area contributed by atoms with Gasteiger partial charge >= 0.3 is 0 Å². The molecular formula is C26H30N2O6S. The highest BCUT2D eigenvalue weighted by atomic mass is 32.2. The molecule has 1 unspecified atom stereocenters. The van der Waals surface area contributed by atoms with Crippen molar-refractivity contribution in [2.75, 3.05) is 31.3 Å². The summed E-state index contributed by atoms with van der Waals surface area (Å²) in [5.41, 5.74) is 1.19. The van der Waals surface area contributed by atoms with Gasteiger partial charge in [0.15, 0.2) is 11.5 Å². The topological polar surface area (TPSA) is 94.2 Å². The fourth-order valence-corrected chi connectivity index (χ4v) is 4.42. The first-order chi connectivity index (χ1) is 16.7. The molecule has 3 aromatic rings. The van der Waals surface area contributed by atoms with E-state index < -0.39 is 15.9 Å². The maximum atomic E-state index is 12.9. The Morgan fingerprint density at radius 3 is 2.11 bits per heavy atom. The SMILES string of the molecule is CCC(NC(=O)CN(c1ccc(Oc2ccccc2)cc1)S(C)(=O)=O)c1ccc(OC)c(OC)c1. The van der Waals surface area contributed by atoms with Gasteiger partial charge in [0.25, 0.3) is 0 Å². The number of benzene rings is 3. The van der Waals surface area contributed by atoms with E-state index in [1.165, 1.54) is 0 Å². The average Bonchev–Trinajstić information content (AvgIpc) is 2.86. The first-order valence-electron chi connectivity index (χ1n) is 11.1. The zero-order chi connectivity index (χ0) is 25.4. The molecule has 35 heavy (non-hydrogen) atoms. The van der Waals surface area contributed by atoms with E-state index in [0.29, 0.717) is 35.1 Å². The Labute approximate surface area is 206 Å². The Kier molecular flexibility index (Phi) is 8.59. The van der Waals surface area contributed by atoms with Crippen LogP contribution in [-0.2, 0) is 14.8 Å². The number of ether oxygens (including phenoxy) is 3. The number of hydrogen-bond acceptors (Lipinski definition) is 6. The predicted octanol–water partition coefficient (Wildman–Crippen LogP) is 4.53. The van der Waals surface area contributed by atoms with Crippen molar-refractivity contribution in [1.82, 2.24) is 5.32 Å². The highest BCUT2D eigenvalue weighted by Crippen LogP contribution is 2.31. The summed E-state index contributed by atoms with van der Waals surface area (Å²) in [7, 11) is -0.621. The van der Waals surface area contributed by atoms with E-state index in [1.54, 1.807) is 50.6 Å². The van der Waals surface area contributed by atoms with Crippen LogP contribution in [0.4, 0.5) is 5.69 Å². The van der Waals surface area contributed by atoms with Crippen molar-refractivity contribution < 1.29 is 27.4 Å². The number of carbonyl (C=O) groups excluding carboxylic acids is 1. The molecule has 9 heteroatoms. The number of rotatable bonds is 11. The summed E-state index contributed by atoms with van der Waals surface area (Å²) < 4.78 is 42.5. The first-order valence-corrected chi connectivity index (χ1v) is 12.9. The zero-order valence-electron chi connectivity index (χ0n) is 20.2. The van der Waals surface area contributed by atoms with Gasteiger partial charge in [0.1, 0.15) is 18.0 Å². The van der Waals surface area contributed by atoms with Gasteiger partial charge in [0.05, 0.1) is 32.2 Å². The highest BCUT2D eigenvalue weighted by molar-refractivity contribution is 7.92. The molecule has 1 atom stereocenters. The van der Waals surface area contributed by atoms with Gasteiger partial charge in [-0.3, -0.25) is 9.10 Å². The molecule has 0 aliphatic heterocycles. The summed E-state index contributed by atoms with van der Waals surface area (Å²) in [6.07, 6.45) is 1.67. The summed E-state index contributed by atoms with van der Waals surface area (Å²) in [5.74, 6) is 1.92. The van der Waals surface area contributed by atoms with Crippen molar-refractivity contribution in [2.45, 2.75) is 19.4 Å². The van der Waals surface area contributed by atoms with Crippen molar-refractivity contribution in [3.05, 3.63) is 78.4 Å². The van der Waals surface area contributed by atoms with Gasteiger partial charge in [-0.25, -0.2) is 8.42 Å². The standard InChI is InChI=1S/C26H30N2O6S/c1-5-23(19-11-16-24(32-2)25(17-19)33-3)27-26(29)18-28(35(4,30)31)20-12-14-22(15-13-20)34-21-9-7-6-8-10-21/h6-17,23H,5,18H2,1-4H3,(H,27,29). The number of methoxy groups -OCH3 is 2. The number of nitrogens with one attached hydrogen (secondary N) is 1. The maximum Gasteiger partial charge on any atom is 0.241 e. The molecule has 0 saturated heterocycles. The van der Waals surface area contributed by atoms with Gasteiger partial charge in [-0.15, -0.1) is 0 Å². The van der Waals surface area contributed by atoms with Crippen molar-refractivity contribution >= 4 is 21.6 Å². The Bertz CT molecular complexity index is 1230. The van der Waals surface area contributed by atoms with Gasteiger partial charge in [0.2, 0.25) is 15.9 Å². The van der Waals surface area contributed by atoms with Crippen LogP contribution in [0.1, 0.15) is 24.9 Å². The van der Waals surface area contributed by atoms with Gasteiger partial charge in [-0.1, -0.05) is 31.2 Å². The van der Waals surface area contributed by atoms with Crippen LogP contribution >= 0.6 is 0 Å². The number of nitrogens with zero attached hydrogens (tertiary/aromatic N) is 1. The molecule has 1 amide bonds. The Morgan fingerprint density at radius 2 is 1.54 bits per heavy atom. The summed E-state index contributed by atoms with van der Waals surface area (Å²) >= 11 is 0. The number of carbonyl (C=O) groups is 1. The molecule has 1 N–H and O–H groups in total. The molecular weight excluding hydrogens is 468 g/mol. The van der Waals surface area contributed by atoms with Gasteiger partial charge in [0, 0.05) is 0 Å². The molecule has 0 aliphatic carbocycles. The summed E-state index contributed by atoms with van der Waals surface area (Å²) in [6.45, 7) is 1.57. The lowest BCUT2D eigenvalue weighted by Crippen LogP contribution is -2.41. The molecule has 0 aromatic heterocycles. The van der Waals surface area contributed by atoms with E-state index in [1.807, 2.05) is 43.3 Å². The lowest BCUT2D eigenvalue weighted by atomic mass is 10.0. The number of anilines is 1. The van der Waals surface area contributed by atoms with E-state index in [-0.39, 0.29) is 12.6 Å². The molecule has 0 spiro atoms. The fraction of sp³-hybridized carbons (Fsp3) is 0.269. The minimum atomic E-state index is -3.72. The van der Waals surface area contributed by atoms with Crippen LogP contribution in [0.25, 0.3) is 0 Å². The number of hydrogen-bond donors (Lipinski definition) is 1.